The summed E-state index contributed by atoms with van der Waals surface area (Å²) in [7, 11) is 0. The summed E-state index contributed by atoms with van der Waals surface area (Å²) < 4.78 is 0. The van der Waals surface area contributed by atoms with Gasteiger partial charge in [-0.15, -0.1) is 0 Å². The van der Waals surface area contributed by atoms with Gasteiger partial charge in [-0.05, 0) is 41.7 Å². The van der Waals surface area contributed by atoms with Crippen molar-refractivity contribution in [2.45, 2.75) is 57.3 Å². The number of aromatic amines is 1. The average molecular weight is 582 g/mol. The maximum Gasteiger partial charge on any atom is 0.326 e. The van der Waals surface area contributed by atoms with Gasteiger partial charge in [0, 0.05) is 23.5 Å². The number of aromatic hydroxyl groups is 1. The maximum atomic E-state index is 13.4. The van der Waals surface area contributed by atoms with Crippen molar-refractivity contribution in [2.24, 2.45) is 11.7 Å². The molecule has 9 N–H and O–H groups in total. The quantitative estimate of drug-likeness (QED) is 0.134. The molecule has 4 atom stereocenters. The van der Waals surface area contributed by atoms with Gasteiger partial charge in [-0.1, -0.05) is 44.2 Å². The SMILES string of the molecule is CC(C)C(NC(=O)C(CC(=O)O)NC(=O)C(Cc1ccc(O)cc1)NC(=O)C(N)Cc1c[nH]c2ccccc12)C(=O)O. The van der Waals surface area contributed by atoms with Crippen LogP contribution in [0.5, 0.6) is 5.75 Å². The third-order valence-electron chi connectivity index (χ3n) is 6.70. The molecule has 0 spiro atoms. The standard InChI is InChI=1S/C29H35N5O8/c1-15(2)25(29(41)42)34-28(40)23(13-24(36)37)33-27(39)22(11-16-7-9-18(35)10-8-16)32-26(38)20(30)12-17-14-31-21-6-4-3-5-19(17)21/h3-10,14-15,20,22-23,25,31,35H,11-13,30H2,1-2H3,(H,32,38)(H,33,39)(H,34,40)(H,36,37)(H,41,42). The molecule has 3 amide bonds. The number of benzene rings is 2. The number of fused-ring (bicyclic) bond motifs is 1. The fraction of sp³-hybridized carbons (Fsp3) is 0.345. The van der Waals surface area contributed by atoms with Crippen LogP contribution >= 0.6 is 0 Å². The lowest BCUT2D eigenvalue weighted by molar-refractivity contribution is -0.144. The molecule has 1 heterocycles. The van der Waals surface area contributed by atoms with Gasteiger partial charge in [0.1, 0.15) is 23.9 Å². The fourth-order valence-electron chi connectivity index (χ4n) is 4.41. The molecule has 3 rings (SSSR count). The first kappa shape index (κ1) is 31.6. The van der Waals surface area contributed by atoms with E-state index < -0.39 is 66.2 Å². The molecule has 3 aromatic rings. The molecule has 1 aromatic heterocycles. The zero-order chi connectivity index (χ0) is 31.0. The van der Waals surface area contributed by atoms with Crippen molar-refractivity contribution in [3.63, 3.8) is 0 Å². The monoisotopic (exact) mass is 581 g/mol. The number of hydrogen-bond donors (Lipinski definition) is 8. The Bertz CT molecular complexity index is 1440. The molecule has 0 radical (unpaired) electrons. The number of rotatable bonds is 14. The van der Waals surface area contributed by atoms with Gasteiger partial charge >= 0.3 is 11.9 Å². The molecule has 13 heteroatoms. The maximum absolute atomic E-state index is 13.4. The number of phenols is 1. The summed E-state index contributed by atoms with van der Waals surface area (Å²) in [5.41, 5.74) is 8.41. The Morgan fingerprint density at radius 1 is 0.833 bits per heavy atom. The third-order valence-corrected chi connectivity index (χ3v) is 6.70. The van der Waals surface area contributed by atoms with E-state index in [4.69, 9.17) is 5.73 Å². The van der Waals surface area contributed by atoms with Crippen molar-refractivity contribution in [1.29, 1.82) is 0 Å². The van der Waals surface area contributed by atoms with E-state index in [9.17, 15) is 39.3 Å². The molecule has 0 saturated heterocycles. The predicted octanol–water partition coefficient (Wildman–Crippen LogP) is 0.656. The lowest BCUT2D eigenvalue weighted by atomic mass is 10.0. The Labute approximate surface area is 241 Å². The molecule has 224 valence electrons. The lowest BCUT2D eigenvalue weighted by Crippen LogP contribution is -2.58. The van der Waals surface area contributed by atoms with E-state index in [-0.39, 0.29) is 18.6 Å². The predicted molar refractivity (Wildman–Crippen MR) is 152 cm³/mol. The molecule has 0 fully saturated rings. The molecule has 0 saturated carbocycles. The number of para-hydroxylation sites is 1. The Balaban J connectivity index is 1.80. The van der Waals surface area contributed by atoms with E-state index in [1.54, 1.807) is 20.0 Å². The number of amides is 3. The van der Waals surface area contributed by atoms with Crippen LogP contribution in [0.3, 0.4) is 0 Å². The molecular formula is C29H35N5O8. The Morgan fingerprint density at radius 2 is 1.45 bits per heavy atom. The number of aliphatic carboxylic acids is 2. The molecule has 42 heavy (non-hydrogen) atoms. The number of carboxylic acids is 2. The van der Waals surface area contributed by atoms with Gasteiger partial charge in [0.2, 0.25) is 17.7 Å². The van der Waals surface area contributed by atoms with E-state index in [1.807, 2.05) is 24.3 Å². The summed E-state index contributed by atoms with van der Waals surface area (Å²) in [5.74, 6) is -5.81. The third kappa shape index (κ3) is 8.54. The smallest absolute Gasteiger partial charge is 0.326 e. The Kier molecular flexibility index (Phi) is 10.6. The number of nitrogens with one attached hydrogen (secondary N) is 4. The van der Waals surface area contributed by atoms with Crippen LogP contribution in [0.15, 0.2) is 54.7 Å². The number of phenolic OH excluding ortho intramolecular Hbond substituents is 1. The van der Waals surface area contributed by atoms with Gasteiger partial charge in [-0.3, -0.25) is 19.2 Å². The van der Waals surface area contributed by atoms with Crippen LogP contribution in [0.4, 0.5) is 0 Å². The first-order valence-corrected chi connectivity index (χ1v) is 13.3. The minimum Gasteiger partial charge on any atom is -0.508 e. The second-order valence-electron chi connectivity index (χ2n) is 10.3. The van der Waals surface area contributed by atoms with Gasteiger partial charge in [-0.25, -0.2) is 4.79 Å². The summed E-state index contributed by atoms with van der Waals surface area (Å²) in [6.07, 6.45) is 0.985. The van der Waals surface area contributed by atoms with Crippen LogP contribution in [-0.2, 0) is 36.8 Å². The first-order chi connectivity index (χ1) is 19.8. The number of carboxylic acid groups (broad SMARTS) is 2. The van der Waals surface area contributed by atoms with E-state index in [0.29, 0.717) is 5.56 Å². The van der Waals surface area contributed by atoms with Crippen LogP contribution in [0, 0.1) is 5.92 Å². The Hall–Kier alpha value is -4.91. The number of nitrogens with two attached hydrogens (primary N) is 1. The zero-order valence-electron chi connectivity index (χ0n) is 23.2. The van der Waals surface area contributed by atoms with Crippen molar-refractivity contribution in [3.8, 4) is 5.75 Å². The molecule has 2 aromatic carbocycles. The highest BCUT2D eigenvalue weighted by Crippen LogP contribution is 2.19. The van der Waals surface area contributed by atoms with E-state index >= 15 is 0 Å². The molecule has 0 aliphatic heterocycles. The van der Waals surface area contributed by atoms with Crippen LogP contribution in [0.25, 0.3) is 10.9 Å². The summed E-state index contributed by atoms with van der Waals surface area (Å²) in [4.78, 5) is 65.6. The van der Waals surface area contributed by atoms with Gasteiger partial charge in [0.15, 0.2) is 0 Å². The zero-order valence-corrected chi connectivity index (χ0v) is 23.2. The van der Waals surface area contributed by atoms with Crippen LogP contribution in [0.2, 0.25) is 0 Å². The lowest BCUT2D eigenvalue weighted by Gasteiger charge is -2.25. The summed E-state index contributed by atoms with van der Waals surface area (Å²) in [5, 5.41) is 36.5. The second-order valence-corrected chi connectivity index (χ2v) is 10.3. The van der Waals surface area contributed by atoms with Crippen LogP contribution in [0.1, 0.15) is 31.4 Å². The first-order valence-electron chi connectivity index (χ1n) is 13.3. The number of aromatic nitrogens is 1. The topological polar surface area (TPSA) is 224 Å². The summed E-state index contributed by atoms with van der Waals surface area (Å²) >= 11 is 0. The Morgan fingerprint density at radius 3 is 2.07 bits per heavy atom. The van der Waals surface area contributed by atoms with Gasteiger partial charge < -0.3 is 42.0 Å². The van der Waals surface area contributed by atoms with E-state index in [0.717, 1.165) is 16.5 Å². The van der Waals surface area contributed by atoms with Crippen molar-refractivity contribution in [1.82, 2.24) is 20.9 Å². The molecule has 13 nitrogen and oxygen atoms in total. The largest absolute Gasteiger partial charge is 0.508 e. The summed E-state index contributed by atoms with van der Waals surface area (Å²) in [6.45, 7) is 3.12. The van der Waals surface area contributed by atoms with Crippen molar-refractivity contribution >= 4 is 40.6 Å². The summed E-state index contributed by atoms with van der Waals surface area (Å²) in [6, 6.07) is 8.05. The highest BCUT2D eigenvalue weighted by atomic mass is 16.4. The van der Waals surface area contributed by atoms with Crippen molar-refractivity contribution < 1.29 is 39.3 Å². The van der Waals surface area contributed by atoms with Crippen LogP contribution in [-0.4, -0.2) is 74.1 Å². The molecule has 4 unspecified atom stereocenters. The number of carbonyl (C=O) groups excluding carboxylic acids is 3. The minimum absolute atomic E-state index is 0.0131. The average Bonchev–Trinajstić information content (AvgIpc) is 3.33. The number of hydrogen-bond acceptors (Lipinski definition) is 7. The van der Waals surface area contributed by atoms with E-state index in [2.05, 4.69) is 20.9 Å². The molecule has 0 bridgehead atoms. The van der Waals surface area contributed by atoms with Crippen molar-refractivity contribution in [2.75, 3.05) is 0 Å². The normalized spacial score (nSPS) is 14.0. The van der Waals surface area contributed by atoms with Gasteiger partial charge in [-0.2, -0.15) is 0 Å². The molecule has 0 aliphatic carbocycles. The fourth-order valence-corrected chi connectivity index (χ4v) is 4.41. The molecular weight excluding hydrogens is 546 g/mol. The molecule has 0 aliphatic rings. The van der Waals surface area contributed by atoms with Gasteiger partial charge in [0.05, 0.1) is 12.5 Å². The van der Waals surface area contributed by atoms with Crippen molar-refractivity contribution in [3.05, 3.63) is 65.9 Å². The van der Waals surface area contributed by atoms with E-state index in [1.165, 1.54) is 24.3 Å². The second kappa shape index (κ2) is 14.1. The number of H-pyrrole nitrogens is 1. The number of carbonyl (C=O) groups is 5. The highest BCUT2D eigenvalue weighted by Gasteiger charge is 2.32. The highest BCUT2D eigenvalue weighted by molar-refractivity contribution is 5.96. The van der Waals surface area contributed by atoms with Gasteiger partial charge in [0.25, 0.3) is 0 Å². The minimum atomic E-state index is -1.63. The van der Waals surface area contributed by atoms with Crippen LogP contribution < -0.4 is 21.7 Å².